The molecular weight excluding hydrogens is 398 g/mol. The van der Waals surface area contributed by atoms with Gasteiger partial charge in [0.25, 0.3) is 0 Å². The Morgan fingerprint density at radius 3 is 2.42 bits per heavy atom. The molecule has 0 N–H and O–H groups in total. The third-order valence-corrected chi connectivity index (χ3v) is 6.69. The van der Waals surface area contributed by atoms with Crippen molar-refractivity contribution in [1.82, 2.24) is 9.97 Å². The molecule has 0 radical (unpaired) electrons. The molecule has 3 aromatic carbocycles. The van der Waals surface area contributed by atoms with Crippen LogP contribution in [0.15, 0.2) is 91.1 Å². The Morgan fingerprint density at radius 1 is 0.710 bits per heavy atom. The molecule has 0 bridgehead atoms. The quantitative estimate of drug-likeness (QED) is 0.301. The van der Waals surface area contributed by atoms with Crippen LogP contribution in [-0.2, 0) is 0 Å². The van der Waals surface area contributed by atoms with Gasteiger partial charge in [0.05, 0.1) is 11.4 Å². The summed E-state index contributed by atoms with van der Waals surface area (Å²) in [6, 6.07) is 31.3. The minimum Gasteiger partial charge on any atom is -0.248 e. The van der Waals surface area contributed by atoms with Crippen molar-refractivity contribution in [2.75, 3.05) is 0 Å². The first-order chi connectivity index (χ1) is 15.3. The van der Waals surface area contributed by atoms with Crippen LogP contribution < -0.4 is 0 Å². The number of aromatic nitrogens is 2. The lowest BCUT2D eigenvalue weighted by atomic mass is 10.0. The molecule has 0 amide bonds. The van der Waals surface area contributed by atoms with E-state index in [2.05, 4.69) is 65.7 Å². The zero-order chi connectivity index (χ0) is 20.8. The molecule has 0 spiro atoms. The van der Waals surface area contributed by atoms with Crippen molar-refractivity contribution >= 4 is 42.3 Å². The number of rotatable bonds is 2. The van der Waals surface area contributed by atoms with E-state index < -0.39 is 0 Å². The van der Waals surface area contributed by atoms with Gasteiger partial charge in [-0.2, -0.15) is 5.26 Å². The third kappa shape index (κ3) is 2.95. The smallest absolute Gasteiger partial charge is 0.141 e. The maximum absolute atomic E-state index is 9.14. The third-order valence-electron chi connectivity index (χ3n) is 5.58. The molecule has 144 valence electrons. The minimum atomic E-state index is 0.392. The van der Waals surface area contributed by atoms with Crippen molar-refractivity contribution in [3.63, 3.8) is 0 Å². The van der Waals surface area contributed by atoms with Crippen molar-refractivity contribution < 1.29 is 0 Å². The van der Waals surface area contributed by atoms with Crippen LogP contribution >= 0.6 is 11.3 Å². The summed E-state index contributed by atoms with van der Waals surface area (Å²) in [4.78, 5) is 8.92. The first-order valence-corrected chi connectivity index (χ1v) is 10.8. The molecule has 0 saturated carbocycles. The largest absolute Gasteiger partial charge is 0.248 e. The summed E-state index contributed by atoms with van der Waals surface area (Å²) in [5, 5.41) is 14.3. The first kappa shape index (κ1) is 17.8. The molecular formula is C27H15N3S. The summed E-state index contributed by atoms with van der Waals surface area (Å²) in [5.41, 5.74) is 4.11. The van der Waals surface area contributed by atoms with E-state index in [0.29, 0.717) is 5.69 Å². The lowest BCUT2D eigenvalue weighted by molar-refractivity contribution is 1.25. The zero-order valence-corrected chi connectivity index (χ0v) is 17.2. The Bertz CT molecular complexity index is 1660. The maximum Gasteiger partial charge on any atom is 0.141 e. The number of hydrogen-bond acceptors (Lipinski definition) is 4. The van der Waals surface area contributed by atoms with Crippen molar-refractivity contribution in [2.24, 2.45) is 0 Å². The maximum atomic E-state index is 9.14. The van der Waals surface area contributed by atoms with E-state index in [0.717, 1.165) is 22.5 Å². The van der Waals surface area contributed by atoms with Crippen molar-refractivity contribution in [1.29, 1.82) is 5.26 Å². The Labute approximate surface area is 182 Å². The van der Waals surface area contributed by atoms with E-state index in [1.807, 2.05) is 35.6 Å². The lowest BCUT2D eigenvalue weighted by Crippen LogP contribution is -1.89. The number of fused-ring (bicyclic) bond motifs is 5. The van der Waals surface area contributed by atoms with Gasteiger partial charge in [-0.05, 0) is 47.2 Å². The summed E-state index contributed by atoms with van der Waals surface area (Å²) < 4.78 is 2.56. The molecule has 3 heterocycles. The standard InChI is InChI=1S/C27H15N3S/c28-16-20-14-19(12-13-29-20)24-7-3-6-23(30-24)18-8-10-22-26(15-18)31-25-11-9-17-4-1-2-5-21(17)27(22)25/h1-15H. The fourth-order valence-electron chi connectivity index (χ4n) is 4.11. The molecule has 6 aromatic rings. The average molecular weight is 414 g/mol. The van der Waals surface area contributed by atoms with Crippen LogP contribution in [0.25, 0.3) is 53.5 Å². The second kappa shape index (κ2) is 7.02. The Balaban J connectivity index is 1.50. The van der Waals surface area contributed by atoms with E-state index in [1.54, 1.807) is 12.3 Å². The molecule has 6 rings (SSSR count). The normalized spacial score (nSPS) is 11.2. The zero-order valence-electron chi connectivity index (χ0n) is 16.4. The molecule has 0 atom stereocenters. The van der Waals surface area contributed by atoms with Crippen molar-refractivity contribution in [3.8, 4) is 28.6 Å². The van der Waals surface area contributed by atoms with Crippen molar-refractivity contribution in [3.05, 3.63) is 96.8 Å². The fourth-order valence-corrected chi connectivity index (χ4v) is 5.27. The van der Waals surface area contributed by atoms with Gasteiger partial charge in [0.1, 0.15) is 11.8 Å². The summed E-state index contributed by atoms with van der Waals surface area (Å²) in [6.45, 7) is 0. The molecule has 0 aliphatic rings. The summed E-state index contributed by atoms with van der Waals surface area (Å²) >= 11 is 1.82. The van der Waals surface area contributed by atoms with Gasteiger partial charge in [0.2, 0.25) is 0 Å². The van der Waals surface area contributed by atoms with Gasteiger partial charge in [0, 0.05) is 37.5 Å². The monoisotopic (exact) mass is 413 g/mol. The number of nitriles is 1. The molecule has 0 unspecified atom stereocenters. The highest BCUT2D eigenvalue weighted by Crippen LogP contribution is 2.40. The fraction of sp³-hybridized carbons (Fsp3) is 0. The van der Waals surface area contributed by atoms with Gasteiger partial charge in [-0.15, -0.1) is 11.3 Å². The second-order valence-electron chi connectivity index (χ2n) is 7.42. The van der Waals surface area contributed by atoms with Crippen LogP contribution in [0.1, 0.15) is 5.69 Å². The molecule has 4 heteroatoms. The highest BCUT2D eigenvalue weighted by molar-refractivity contribution is 7.26. The number of pyridine rings is 2. The summed E-state index contributed by atoms with van der Waals surface area (Å²) in [7, 11) is 0. The summed E-state index contributed by atoms with van der Waals surface area (Å²) in [5.74, 6) is 0. The predicted octanol–water partition coefficient (Wildman–Crippen LogP) is 7.20. The molecule has 0 saturated heterocycles. The van der Waals surface area contributed by atoms with E-state index in [-0.39, 0.29) is 0 Å². The topological polar surface area (TPSA) is 49.6 Å². The predicted molar refractivity (Wildman–Crippen MR) is 128 cm³/mol. The van der Waals surface area contributed by atoms with Crippen LogP contribution in [0.5, 0.6) is 0 Å². The van der Waals surface area contributed by atoms with E-state index in [9.17, 15) is 0 Å². The van der Waals surface area contributed by atoms with E-state index >= 15 is 0 Å². The van der Waals surface area contributed by atoms with Crippen LogP contribution in [0.3, 0.4) is 0 Å². The Hall–Kier alpha value is -4.07. The number of hydrogen-bond donors (Lipinski definition) is 0. The van der Waals surface area contributed by atoms with E-state index in [1.165, 1.54) is 30.9 Å². The number of nitrogens with zero attached hydrogens (tertiary/aromatic N) is 3. The Kier molecular flexibility index (Phi) is 4.02. The molecule has 0 fully saturated rings. The minimum absolute atomic E-state index is 0.392. The first-order valence-electron chi connectivity index (χ1n) is 9.98. The lowest BCUT2D eigenvalue weighted by Gasteiger charge is -2.06. The van der Waals surface area contributed by atoms with Crippen LogP contribution in [0, 0.1) is 11.3 Å². The molecule has 3 aromatic heterocycles. The summed E-state index contributed by atoms with van der Waals surface area (Å²) in [6.07, 6.45) is 1.65. The average Bonchev–Trinajstić information content (AvgIpc) is 3.22. The van der Waals surface area contributed by atoms with Gasteiger partial charge >= 0.3 is 0 Å². The highest BCUT2D eigenvalue weighted by atomic mass is 32.1. The second-order valence-corrected chi connectivity index (χ2v) is 8.51. The molecule has 31 heavy (non-hydrogen) atoms. The van der Waals surface area contributed by atoms with E-state index in [4.69, 9.17) is 10.2 Å². The van der Waals surface area contributed by atoms with Crippen molar-refractivity contribution in [2.45, 2.75) is 0 Å². The number of benzene rings is 3. The van der Waals surface area contributed by atoms with Gasteiger partial charge < -0.3 is 0 Å². The van der Waals surface area contributed by atoms with Crippen LogP contribution in [0.2, 0.25) is 0 Å². The van der Waals surface area contributed by atoms with Gasteiger partial charge in [-0.25, -0.2) is 9.97 Å². The van der Waals surface area contributed by atoms with Gasteiger partial charge in [0.15, 0.2) is 0 Å². The SMILES string of the molecule is N#Cc1cc(-c2cccc(-c3ccc4c(c3)sc3ccc5ccccc5c34)n2)ccn1. The van der Waals surface area contributed by atoms with Gasteiger partial charge in [-0.3, -0.25) is 0 Å². The van der Waals surface area contributed by atoms with Crippen LogP contribution in [-0.4, -0.2) is 9.97 Å². The molecule has 0 aliphatic carbocycles. The van der Waals surface area contributed by atoms with Crippen LogP contribution in [0.4, 0.5) is 0 Å². The highest BCUT2D eigenvalue weighted by Gasteiger charge is 2.11. The Morgan fingerprint density at radius 2 is 1.55 bits per heavy atom. The molecule has 0 aliphatic heterocycles. The molecule has 3 nitrogen and oxygen atoms in total. The number of thiophene rings is 1. The van der Waals surface area contributed by atoms with Gasteiger partial charge in [-0.1, -0.05) is 48.5 Å².